The molecular formula is C17H19N3O. The van der Waals surface area contributed by atoms with E-state index in [2.05, 4.69) is 11.9 Å². The van der Waals surface area contributed by atoms with Gasteiger partial charge in [-0.2, -0.15) is 0 Å². The van der Waals surface area contributed by atoms with Crippen LogP contribution in [0.3, 0.4) is 0 Å². The standard InChI is InChI=1S/C17H19N3O/c1-19-9-10-20(16-8-3-2-7-15(16)19)17(21)14-6-4-5-13(11-14)12-18/h2-8,11H,9-10,12,18H2,1H3. The quantitative estimate of drug-likeness (QED) is 0.918. The third-order valence-electron chi connectivity index (χ3n) is 3.90. The predicted molar refractivity (Wildman–Crippen MR) is 85.7 cm³/mol. The first-order valence-corrected chi connectivity index (χ1v) is 7.12. The Hall–Kier alpha value is -2.33. The van der Waals surface area contributed by atoms with Gasteiger partial charge in [-0.3, -0.25) is 4.79 Å². The van der Waals surface area contributed by atoms with Gasteiger partial charge in [-0.25, -0.2) is 0 Å². The number of para-hydroxylation sites is 2. The number of benzene rings is 2. The summed E-state index contributed by atoms with van der Waals surface area (Å²) in [6, 6.07) is 15.6. The number of anilines is 2. The van der Waals surface area contributed by atoms with Crippen LogP contribution in [0.5, 0.6) is 0 Å². The smallest absolute Gasteiger partial charge is 0.258 e. The number of fused-ring (bicyclic) bond motifs is 1. The topological polar surface area (TPSA) is 49.6 Å². The molecule has 1 aliphatic heterocycles. The SMILES string of the molecule is CN1CCN(C(=O)c2cccc(CN)c2)c2ccccc21. The summed E-state index contributed by atoms with van der Waals surface area (Å²) in [6.07, 6.45) is 0. The van der Waals surface area contributed by atoms with Gasteiger partial charge in [0.2, 0.25) is 0 Å². The molecule has 0 fully saturated rings. The van der Waals surface area contributed by atoms with Crippen molar-refractivity contribution < 1.29 is 4.79 Å². The Labute approximate surface area is 124 Å². The summed E-state index contributed by atoms with van der Waals surface area (Å²) in [5.74, 6) is 0.0332. The second-order valence-electron chi connectivity index (χ2n) is 5.27. The van der Waals surface area contributed by atoms with Gasteiger partial charge in [0.05, 0.1) is 11.4 Å². The lowest BCUT2D eigenvalue weighted by Gasteiger charge is -2.35. The molecule has 0 saturated carbocycles. The highest BCUT2D eigenvalue weighted by atomic mass is 16.2. The second kappa shape index (κ2) is 5.58. The minimum absolute atomic E-state index is 0.0332. The van der Waals surface area contributed by atoms with Gasteiger partial charge < -0.3 is 15.5 Å². The number of rotatable bonds is 2. The van der Waals surface area contributed by atoms with Crippen molar-refractivity contribution in [2.75, 3.05) is 29.9 Å². The monoisotopic (exact) mass is 281 g/mol. The molecule has 1 heterocycles. The number of nitrogens with zero attached hydrogens (tertiary/aromatic N) is 2. The highest BCUT2D eigenvalue weighted by molar-refractivity contribution is 6.08. The molecule has 0 aromatic heterocycles. The van der Waals surface area contributed by atoms with Crippen LogP contribution in [0.4, 0.5) is 11.4 Å². The highest BCUT2D eigenvalue weighted by Crippen LogP contribution is 2.32. The average molecular weight is 281 g/mol. The zero-order valence-corrected chi connectivity index (χ0v) is 12.1. The Morgan fingerprint density at radius 1 is 1.10 bits per heavy atom. The molecule has 0 bridgehead atoms. The third kappa shape index (κ3) is 2.50. The van der Waals surface area contributed by atoms with Crippen LogP contribution in [0.2, 0.25) is 0 Å². The number of carbonyl (C=O) groups is 1. The Morgan fingerprint density at radius 3 is 2.62 bits per heavy atom. The molecule has 0 spiro atoms. The van der Waals surface area contributed by atoms with E-state index >= 15 is 0 Å². The van der Waals surface area contributed by atoms with E-state index in [9.17, 15) is 4.79 Å². The fourth-order valence-corrected chi connectivity index (χ4v) is 2.70. The maximum Gasteiger partial charge on any atom is 0.258 e. The average Bonchev–Trinajstić information content (AvgIpc) is 2.55. The molecule has 4 nitrogen and oxygen atoms in total. The Bertz CT molecular complexity index is 669. The molecule has 0 atom stereocenters. The van der Waals surface area contributed by atoms with Gasteiger partial charge >= 0.3 is 0 Å². The fourth-order valence-electron chi connectivity index (χ4n) is 2.70. The van der Waals surface area contributed by atoms with Crippen LogP contribution in [0, 0.1) is 0 Å². The molecule has 4 heteroatoms. The minimum Gasteiger partial charge on any atom is -0.371 e. The van der Waals surface area contributed by atoms with Crippen molar-refractivity contribution in [3.05, 3.63) is 59.7 Å². The van der Waals surface area contributed by atoms with Gasteiger partial charge in [0, 0.05) is 32.2 Å². The number of hydrogen-bond acceptors (Lipinski definition) is 3. The van der Waals surface area contributed by atoms with Crippen LogP contribution < -0.4 is 15.5 Å². The Balaban J connectivity index is 1.97. The first kappa shape index (κ1) is 13.6. The lowest BCUT2D eigenvalue weighted by molar-refractivity contribution is 0.0986. The van der Waals surface area contributed by atoms with E-state index < -0.39 is 0 Å². The molecule has 1 aliphatic rings. The van der Waals surface area contributed by atoms with E-state index in [0.717, 1.165) is 23.5 Å². The molecule has 0 saturated heterocycles. The third-order valence-corrected chi connectivity index (χ3v) is 3.90. The van der Waals surface area contributed by atoms with Gasteiger partial charge in [0.15, 0.2) is 0 Å². The normalized spacial score (nSPS) is 14.0. The molecule has 2 N–H and O–H groups in total. The van der Waals surface area contributed by atoms with E-state index in [4.69, 9.17) is 5.73 Å². The van der Waals surface area contributed by atoms with Crippen molar-refractivity contribution in [3.8, 4) is 0 Å². The highest BCUT2D eigenvalue weighted by Gasteiger charge is 2.25. The minimum atomic E-state index is 0.0332. The van der Waals surface area contributed by atoms with Crippen LogP contribution >= 0.6 is 0 Å². The summed E-state index contributed by atoms with van der Waals surface area (Å²) in [5, 5.41) is 0. The molecule has 0 aliphatic carbocycles. The molecule has 108 valence electrons. The van der Waals surface area contributed by atoms with Gasteiger partial charge in [0.25, 0.3) is 5.91 Å². The lowest BCUT2D eigenvalue weighted by atomic mass is 10.1. The maximum atomic E-state index is 12.8. The van der Waals surface area contributed by atoms with Crippen molar-refractivity contribution in [3.63, 3.8) is 0 Å². The molecule has 2 aromatic carbocycles. The number of hydrogen-bond donors (Lipinski definition) is 1. The Kier molecular flexibility index (Phi) is 3.62. The van der Waals surface area contributed by atoms with Crippen LogP contribution in [0.1, 0.15) is 15.9 Å². The number of nitrogens with two attached hydrogens (primary N) is 1. The van der Waals surface area contributed by atoms with Gasteiger partial charge in [-0.1, -0.05) is 24.3 Å². The van der Waals surface area contributed by atoms with Crippen molar-refractivity contribution in [2.24, 2.45) is 5.73 Å². The van der Waals surface area contributed by atoms with Crippen molar-refractivity contribution in [1.29, 1.82) is 0 Å². The fraction of sp³-hybridized carbons (Fsp3) is 0.235. The van der Waals surface area contributed by atoms with E-state index in [1.165, 1.54) is 0 Å². The summed E-state index contributed by atoms with van der Waals surface area (Å²) in [4.78, 5) is 16.8. The first-order chi connectivity index (χ1) is 10.2. The molecule has 1 amide bonds. The Morgan fingerprint density at radius 2 is 1.86 bits per heavy atom. The summed E-state index contributed by atoms with van der Waals surface area (Å²) < 4.78 is 0. The van der Waals surface area contributed by atoms with Gasteiger partial charge in [-0.15, -0.1) is 0 Å². The molecule has 2 aromatic rings. The van der Waals surface area contributed by atoms with E-state index in [0.29, 0.717) is 18.7 Å². The molecule has 0 radical (unpaired) electrons. The lowest BCUT2D eigenvalue weighted by Crippen LogP contribution is -2.42. The summed E-state index contributed by atoms with van der Waals surface area (Å²) in [7, 11) is 2.05. The van der Waals surface area contributed by atoms with Crippen LogP contribution in [-0.4, -0.2) is 26.0 Å². The predicted octanol–water partition coefficient (Wildman–Crippen LogP) is 2.24. The first-order valence-electron chi connectivity index (χ1n) is 7.12. The van der Waals surface area contributed by atoms with Gasteiger partial charge in [-0.05, 0) is 29.8 Å². The molecule has 0 unspecified atom stereocenters. The number of amides is 1. The van der Waals surface area contributed by atoms with Gasteiger partial charge in [0.1, 0.15) is 0 Å². The zero-order valence-electron chi connectivity index (χ0n) is 12.1. The molecular weight excluding hydrogens is 262 g/mol. The van der Waals surface area contributed by atoms with Crippen molar-refractivity contribution in [2.45, 2.75) is 6.54 Å². The second-order valence-corrected chi connectivity index (χ2v) is 5.27. The summed E-state index contributed by atoms with van der Waals surface area (Å²) >= 11 is 0. The molecule has 21 heavy (non-hydrogen) atoms. The molecule has 3 rings (SSSR count). The summed E-state index contributed by atoms with van der Waals surface area (Å²) in [5.41, 5.74) is 9.38. The van der Waals surface area contributed by atoms with E-state index in [-0.39, 0.29) is 5.91 Å². The maximum absolute atomic E-state index is 12.8. The largest absolute Gasteiger partial charge is 0.371 e. The zero-order chi connectivity index (χ0) is 14.8. The van der Waals surface area contributed by atoms with Crippen LogP contribution in [0.25, 0.3) is 0 Å². The van der Waals surface area contributed by atoms with Crippen LogP contribution in [-0.2, 0) is 6.54 Å². The number of likely N-dealkylation sites (N-methyl/N-ethyl adjacent to an activating group) is 1. The van der Waals surface area contributed by atoms with Crippen molar-refractivity contribution >= 4 is 17.3 Å². The van der Waals surface area contributed by atoms with Crippen LogP contribution in [0.15, 0.2) is 48.5 Å². The number of carbonyl (C=O) groups excluding carboxylic acids is 1. The van der Waals surface area contributed by atoms with Crippen molar-refractivity contribution in [1.82, 2.24) is 0 Å². The summed E-state index contributed by atoms with van der Waals surface area (Å²) in [6.45, 7) is 1.97. The van der Waals surface area contributed by atoms with E-state index in [1.807, 2.05) is 53.4 Å². The van der Waals surface area contributed by atoms with E-state index in [1.54, 1.807) is 0 Å².